The first-order chi connectivity index (χ1) is 10.2. The Morgan fingerprint density at radius 2 is 1.86 bits per heavy atom. The zero-order valence-electron chi connectivity index (χ0n) is 12.1. The molecule has 0 unspecified atom stereocenters. The second-order valence-corrected chi connectivity index (χ2v) is 6.80. The fourth-order valence-corrected chi connectivity index (χ4v) is 2.12. The first-order valence-corrected chi connectivity index (χ1v) is 7.62. The fraction of sp³-hybridized carbons (Fsp3) is 0.333. The number of ether oxygens (including phenoxy) is 1. The van der Waals surface area contributed by atoms with Gasteiger partial charge in [-0.05, 0) is 18.6 Å². The highest BCUT2D eigenvalue weighted by Crippen LogP contribution is 2.32. The lowest BCUT2D eigenvalue weighted by atomic mass is 10.1. The minimum absolute atomic E-state index is 0.135. The van der Waals surface area contributed by atoms with E-state index in [4.69, 9.17) is 34.8 Å². The summed E-state index contributed by atoms with van der Waals surface area (Å²) in [5.41, 5.74) is 0.894. The zero-order valence-corrected chi connectivity index (χ0v) is 14.4. The number of rotatable bonds is 5. The third-order valence-electron chi connectivity index (χ3n) is 2.89. The molecule has 0 aliphatic rings. The van der Waals surface area contributed by atoms with Gasteiger partial charge in [-0.2, -0.15) is 0 Å². The van der Waals surface area contributed by atoms with Crippen LogP contribution in [0.25, 0.3) is 0 Å². The molecule has 4 nitrogen and oxygen atoms in total. The van der Waals surface area contributed by atoms with Gasteiger partial charge in [0.2, 0.25) is 0 Å². The number of benzene rings is 1. The van der Waals surface area contributed by atoms with E-state index >= 15 is 0 Å². The highest BCUT2D eigenvalue weighted by atomic mass is 35.6. The van der Waals surface area contributed by atoms with Crippen LogP contribution in [0.5, 0.6) is 0 Å². The van der Waals surface area contributed by atoms with Crippen LogP contribution >= 0.6 is 34.8 Å². The van der Waals surface area contributed by atoms with Crippen molar-refractivity contribution in [3.8, 4) is 0 Å². The van der Waals surface area contributed by atoms with Gasteiger partial charge < -0.3 is 9.64 Å². The summed E-state index contributed by atoms with van der Waals surface area (Å²) in [6, 6.07) is 9.03. The van der Waals surface area contributed by atoms with E-state index in [0.717, 1.165) is 5.56 Å². The molecule has 1 aromatic rings. The van der Waals surface area contributed by atoms with Crippen molar-refractivity contribution in [1.82, 2.24) is 4.90 Å². The van der Waals surface area contributed by atoms with Crippen molar-refractivity contribution in [2.75, 3.05) is 6.54 Å². The van der Waals surface area contributed by atoms with Crippen molar-refractivity contribution < 1.29 is 14.3 Å². The number of carbonyl (C=O) groups is 2. The maximum Gasteiger partial charge on any atom is 0.307 e. The van der Waals surface area contributed by atoms with Gasteiger partial charge in [0.05, 0.1) is 12.3 Å². The number of amides is 1. The highest BCUT2D eigenvalue weighted by Gasteiger charge is 2.37. The molecule has 0 N–H and O–H groups in total. The Morgan fingerprint density at radius 1 is 1.27 bits per heavy atom. The minimum atomic E-state index is -2.06. The number of nitrogens with zero attached hydrogens (tertiary/aromatic N) is 1. The molecule has 1 amide bonds. The Balaban J connectivity index is 2.93. The molecular formula is C15H16Cl3NO3. The summed E-state index contributed by atoms with van der Waals surface area (Å²) >= 11 is 17.1. The maximum absolute atomic E-state index is 12.3. The predicted molar refractivity (Wildman–Crippen MR) is 87.8 cm³/mol. The molecule has 1 atom stereocenters. The Hall–Kier alpha value is -1.23. The van der Waals surface area contributed by atoms with Gasteiger partial charge in [-0.15, -0.1) is 0 Å². The molecule has 0 bridgehead atoms. The van der Waals surface area contributed by atoms with Gasteiger partial charge >= 0.3 is 5.97 Å². The van der Waals surface area contributed by atoms with Crippen LogP contribution < -0.4 is 0 Å². The molecule has 0 spiro atoms. The molecular weight excluding hydrogens is 349 g/mol. The minimum Gasteiger partial charge on any atom is -0.435 e. The fourth-order valence-electron chi connectivity index (χ4n) is 1.79. The molecule has 7 heteroatoms. The largest absolute Gasteiger partial charge is 0.435 e. The highest BCUT2D eigenvalue weighted by molar-refractivity contribution is 6.76. The van der Waals surface area contributed by atoms with Gasteiger partial charge in [0, 0.05) is 13.5 Å². The number of halogens is 3. The van der Waals surface area contributed by atoms with E-state index in [1.165, 1.54) is 24.2 Å². The third-order valence-corrected chi connectivity index (χ3v) is 3.37. The molecule has 120 valence electrons. The van der Waals surface area contributed by atoms with Gasteiger partial charge in [-0.3, -0.25) is 9.59 Å². The van der Waals surface area contributed by atoms with Gasteiger partial charge in [0.25, 0.3) is 9.70 Å². The molecule has 1 aromatic carbocycles. The van der Waals surface area contributed by atoms with Crippen molar-refractivity contribution in [2.45, 2.75) is 23.7 Å². The summed E-state index contributed by atoms with van der Waals surface area (Å²) < 4.78 is 2.63. The van der Waals surface area contributed by atoms with E-state index in [0.29, 0.717) is 0 Å². The van der Waals surface area contributed by atoms with Crippen molar-refractivity contribution in [3.63, 3.8) is 0 Å². The van der Waals surface area contributed by atoms with Crippen LogP contribution in [0.2, 0.25) is 0 Å². The van der Waals surface area contributed by atoms with Gasteiger partial charge in [-0.1, -0.05) is 65.1 Å². The zero-order chi connectivity index (χ0) is 16.8. The van der Waals surface area contributed by atoms with E-state index < -0.39 is 15.7 Å². The van der Waals surface area contributed by atoms with Crippen molar-refractivity contribution >= 4 is 46.7 Å². The lowest BCUT2D eigenvalue weighted by Gasteiger charge is -2.31. The van der Waals surface area contributed by atoms with Gasteiger partial charge in [0.1, 0.15) is 0 Å². The number of alkyl halides is 3. The van der Waals surface area contributed by atoms with E-state index in [1.807, 2.05) is 37.3 Å². The monoisotopic (exact) mass is 363 g/mol. The molecule has 0 aliphatic heterocycles. The summed E-state index contributed by atoms with van der Waals surface area (Å²) in [6.45, 7) is 3.24. The van der Waals surface area contributed by atoms with Gasteiger partial charge in [-0.25, -0.2) is 0 Å². The number of hydrogen-bond acceptors (Lipinski definition) is 3. The lowest BCUT2D eigenvalue weighted by Crippen LogP contribution is -2.41. The first-order valence-electron chi connectivity index (χ1n) is 6.48. The average Bonchev–Trinajstić information content (AvgIpc) is 2.46. The van der Waals surface area contributed by atoms with Crippen LogP contribution in [0.3, 0.4) is 0 Å². The van der Waals surface area contributed by atoms with E-state index in [9.17, 15) is 9.59 Å². The third kappa shape index (κ3) is 5.87. The second-order valence-electron chi connectivity index (χ2n) is 4.52. The van der Waals surface area contributed by atoms with Crippen LogP contribution in [-0.2, 0) is 14.3 Å². The van der Waals surface area contributed by atoms with Crippen LogP contribution in [0.4, 0.5) is 0 Å². The molecule has 22 heavy (non-hydrogen) atoms. The maximum atomic E-state index is 12.3. The Kier molecular flexibility index (Phi) is 7.20. The molecule has 0 aromatic heterocycles. The molecule has 1 rings (SSSR count). The second kappa shape index (κ2) is 8.42. The molecule has 0 radical (unpaired) electrons. The molecule has 0 heterocycles. The Morgan fingerprint density at radius 3 is 2.36 bits per heavy atom. The topological polar surface area (TPSA) is 46.6 Å². The van der Waals surface area contributed by atoms with Crippen molar-refractivity contribution in [3.05, 3.63) is 48.2 Å². The number of carbonyl (C=O) groups excluding carboxylic acids is 2. The summed E-state index contributed by atoms with van der Waals surface area (Å²) in [5, 5.41) is 0. The summed E-state index contributed by atoms with van der Waals surface area (Å²) in [6.07, 6.45) is 2.72. The van der Waals surface area contributed by atoms with Crippen LogP contribution in [0, 0.1) is 0 Å². The Labute approximate surface area is 144 Å². The first kappa shape index (κ1) is 18.8. The summed E-state index contributed by atoms with van der Waals surface area (Å²) in [5.74, 6) is -1.10. The molecule has 0 saturated heterocycles. The van der Waals surface area contributed by atoms with Crippen molar-refractivity contribution in [1.29, 1.82) is 0 Å². The van der Waals surface area contributed by atoms with E-state index in [2.05, 4.69) is 4.74 Å². The number of hydrogen-bond donors (Lipinski definition) is 0. The van der Waals surface area contributed by atoms with E-state index in [-0.39, 0.29) is 12.6 Å². The van der Waals surface area contributed by atoms with Crippen molar-refractivity contribution in [2.24, 2.45) is 0 Å². The van der Waals surface area contributed by atoms with Crippen LogP contribution in [-0.4, -0.2) is 27.1 Å². The lowest BCUT2D eigenvalue weighted by molar-refractivity contribution is -0.135. The molecule has 0 aliphatic carbocycles. The molecule has 0 fully saturated rings. The smallest absolute Gasteiger partial charge is 0.307 e. The van der Waals surface area contributed by atoms with Crippen LogP contribution in [0.1, 0.15) is 25.5 Å². The SMILES string of the molecule is CC(=O)O/C=C/CN(C(=O)C(Cl)(Cl)Cl)[C@@H](C)c1ccccc1. The normalized spacial score (nSPS) is 13.0. The Bertz CT molecular complexity index is 541. The van der Waals surface area contributed by atoms with E-state index in [1.54, 1.807) is 0 Å². The summed E-state index contributed by atoms with van der Waals surface area (Å²) in [4.78, 5) is 24.4. The standard InChI is InChI=1S/C15H16Cl3NO3/c1-11(13-7-4-3-5-8-13)19(14(21)15(16,17)18)9-6-10-22-12(2)20/h3-8,10-11H,9H2,1-2H3/b10-6+/t11-/m0/s1. The quantitative estimate of drug-likeness (QED) is 0.450. The predicted octanol–water partition coefficient (Wildman–Crippen LogP) is 4.02. The number of esters is 1. The van der Waals surface area contributed by atoms with Gasteiger partial charge in [0.15, 0.2) is 0 Å². The van der Waals surface area contributed by atoms with Crippen LogP contribution in [0.15, 0.2) is 42.7 Å². The molecule has 0 saturated carbocycles. The average molecular weight is 365 g/mol. The summed E-state index contributed by atoms with van der Waals surface area (Å²) in [7, 11) is 0.